The molecular weight excluding hydrogens is 176 g/mol. The molecule has 0 aliphatic rings. The first kappa shape index (κ1) is 13.4. The second-order valence-corrected chi connectivity index (χ2v) is 4.06. The Bertz CT molecular complexity index is 184. The predicted octanol–water partition coefficient (Wildman–Crippen LogP) is 2.08. The molecule has 0 aromatic heterocycles. The van der Waals surface area contributed by atoms with Crippen LogP contribution in [0.1, 0.15) is 40.5 Å². The van der Waals surface area contributed by atoms with Crippen LogP contribution in [0.25, 0.3) is 0 Å². The average Bonchev–Trinajstić information content (AvgIpc) is 2.18. The summed E-state index contributed by atoms with van der Waals surface area (Å²) < 4.78 is 5.64. The van der Waals surface area contributed by atoms with Crippen LogP contribution >= 0.6 is 0 Å². The topological polar surface area (TPSA) is 45.0 Å². The quantitative estimate of drug-likeness (QED) is 0.681. The van der Waals surface area contributed by atoms with Gasteiger partial charge in [0.25, 0.3) is 0 Å². The molecule has 0 aromatic rings. The van der Waals surface area contributed by atoms with Crippen molar-refractivity contribution in [3.8, 4) is 6.07 Å². The summed E-state index contributed by atoms with van der Waals surface area (Å²) in [5.41, 5.74) is -0.122. The smallest absolute Gasteiger partial charge is 0.119 e. The number of nitriles is 1. The molecule has 3 heteroatoms. The Morgan fingerprint density at radius 2 is 2.07 bits per heavy atom. The van der Waals surface area contributed by atoms with Crippen molar-refractivity contribution in [3.63, 3.8) is 0 Å². The highest BCUT2D eigenvalue weighted by atomic mass is 16.5. The maximum absolute atomic E-state index is 8.83. The summed E-state index contributed by atoms with van der Waals surface area (Å²) in [6.45, 7) is 9.59. The zero-order valence-corrected chi connectivity index (χ0v) is 9.76. The molecule has 14 heavy (non-hydrogen) atoms. The van der Waals surface area contributed by atoms with Crippen LogP contribution in [0.15, 0.2) is 0 Å². The van der Waals surface area contributed by atoms with E-state index in [1.54, 1.807) is 0 Å². The zero-order valence-electron chi connectivity index (χ0n) is 9.76. The number of hydrogen-bond donors (Lipinski definition) is 1. The van der Waals surface area contributed by atoms with Gasteiger partial charge in [0.1, 0.15) is 6.04 Å². The number of rotatable bonds is 7. The van der Waals surface area contributed by atoms with Crippen LogP contribution in [-0.4, -0.2) is 24.8 Å². The lowest BCUT2D eigenvalue weighted by molar-refractivity contribution is -0.0246. The minimum Gasteiger partial charge on any atom is -0.373 e. The largest absolute Gasteiger partial charge is 0.373 e. The SMILES string of the molecule is CCCNC(C#N)COC(C)(C)CC. The third kappa shape index (κ3) is 5.95. The van der Waals surface area contributed by atoms with Gasteiger partial charge in [-0.2, -0.15) is 5.26 Å². The first-order chi connectivity index (χ1) is 6.55. The predicted molar refractivity (Wildman–Crippen MR) is 58.0 cm³/mol. The molecule has 0 heterocycles. The number of ether oxygens (including phenoxy) is 1. The van der Waals surface area contributed by atoms with Crippen LogP contribution in [0.3, 0.4) is 0 Å². The molecule has 0 saturated heterocycles. The monoisotopic (exact) mass is 198 g/mol. The molecule has 0 spiro atoms. The van der Waals surface area contributed by atoms with Crippen LogP contribution < -0.4 is 5.32 Å². The Kier molecular flexibility index (Phi) is 6.52. The molecular formula is C11H22N2O. The number of nitrogens with zero attached hydrogens (tertiary/aromatic N) is 1. The summed E-state index contributed by atoms with van der Waals surface area (Å²) in [4.78, 5) is 0. The molecule has 3 nitrogen and oxygen atoms in total. The van der Waals surface area contributed by atoms with Crippen LogP contribution in [0, 0.1) is 11.3 Å². The molecule has 0 aromatic carbocycles. The van der Waals surface area contributed by atoms with Gasteiger partial charge < -0.3 is 10.1 Å². The van der Waals surface area contributed by atoms with Gasteiger partial charge in [0.2, 0.25) is 0 Å². The molecule has 1 N–H and O–H groups in total. The lowest BCUT2D eigenvalue weighted by atomic mass is 10.1. The average molecular weight is 198 g/mol. The normalized spacial score (nSPS) is 13.6. The minimum absolute atomic E-state index is 0.122. The Balaban J connectivity index is 3.79. The highest BCUT2D eigenvalue weighted by Gasteiger charge is 2.17. The Hall–Kier alpha value is -0.590. The van der Waals surface area contributed by atoms with Gasteiger partial charge in [-0.3, -0.25) is 0 Å². The molecule has 0 bridgehead atoms. The maximum atomic E-state index is 8.83. The summed E-state index contributed by atoms with van der Waals surface area (Å²) in [6.07, 6.45) is 1.99. The molecule has 0 saturated carbocycles. The summed E-state index contributed by atoms with van der Waals surface area (Å²) >= 11 is 0. The molecule has 0 rings (SSSR count). The van der Waals surface area contributed by atoms with Crippen molar-refractivity contribution in [1.82, 2.24) is 5.32 Å². The van der Waals surface area contributed by atoms with Crippen molar-refractivity contribution < 1.29 is 4.74 Å². The van der Waals surface area contributed by atoms with Crippen molar-refractivity contribution in [1.29, 1.82) is 5.26 Å². The molecule has 0 fully saturated rings. The number of hydrogen-bond acceptors (Lipinski definition) is 3. The standard InChI is InChI=1S/C11H22N2O/c1-5-7-13-10(8-12)9-14-11(3,4)6-2/h10,13H,5-7,9H2,1-4H3. The van der Waals surface area contributed by atoms with E-state index in [2.05, 4.69) is 25.2 Å². The van der Waals surface area contributed by atoms with E-state index in [9.17, 15) is 0 Å². The molecule has 0 aliphatic heterocycles. The Labute approximate surface area is 87.4 Å². The number of nitrogens with one attached hydrogen (secondary N) is 1. The molecule has 0 amide bonds. The summed E-state index contributed by atoms with van der Waals surface area (Å²) in [5.74, 6) is 0. The molecule has 1 unspecified atom stereocenters. The van der Waals surface area contributed by atoms with Crippen LogP contribution in [-0.2, 0) is 4.74 Å². The molecule has 0 aliphatic carbocycles. The highest BCUT2D eigenvalue weighted by molar-refractivity contribution is 4.90. The van der Waals surface area contributed by atoms with E-state index in [1.165, 1.54) is 0 Å². The molecule has 0 radical (unpaired) electrons. The van der Waals surface area contributed by atoms with E-state index in [1.807, 2.05) is 13.8 Å². The van der Waals surface area contributed by atoms with Gasteiger partial charge in [0, 0.05) is 0 Å². The van der Waals surface area contributed by atoms with Gasteiger partial charge in [-0.15, -0.1) is 0 Å². The minimum atomic E-state index is -0.180. The third-order valence-electron chi connectivity index (χ3n) is 2.29. The zero-order chi connectivity index (χ0) is 11.0. The highest BCUT2D eigenvalue weighted by Crippen LogP contribution is 2.13. The second kappa shape index (κ2) is 6.80. The molecule has 1 atom stereocenters. The Morgan fingerprint density at radius 1 is 1.43 bits per heavy atom. The van der Waals surface area contributed by atoms with Crippen molar-refractivity contribution in [2.45, 2.75) is 52.2 Å². The maximum Gasteiger partial charge on any atom is 0.119 e. The van der Waals surface area contributed by atoms with E-state index < -0.39 is 0 Å². The van der Waals surface area contributed by atoms with Gasteiger partial charge in [-0.1, -0.05) is 13.8 Å². The van der Waals surface area contributed by atoms with E-state index in [0.29, 0.717) is 6.61 Å². The molecule has 82 valence electrons. The van der Waals surface area contributed by atoms with Gasteiger partial charge >= 0.3 is 0 Å². The summed E-state index contributed by atoms with van der Waals surface area (Å²) in [6, 6.07) is 2.02. The van der Waals surface area contributed by atoms with E-state index in [-0.39, 0.29) is 11.6 Å². The fourth-order valence-corrected chi connectivity index (χ4v) is 0.871. The summed E-state index contributed by atoms with van der Waals surface area (Å²) in [5, 5.41) is 12.0. The van der Waals surface area contributed by atoms with Crippen molar-refractivity contribution in [3.05, 3.63) is 0 Å². The van der Waals surface area contributed by atoms with E-state index in [0.717, 1.165) is 19.4 Å². The van der Waals surface area contributed by atoms with Crippen LogP contribution in [0.2, 0.25) is 0 Å². The van der Waals surface area contributed by atoms with Crippen LogP contribution in [0.5, 0.6) is 0 Å². The van der Waals surface area contributed by atoms with Gasteiger partial charge in [0.05, 0.1) is 18.3 Å². The first-order valence-corrected chi connectivity index (χ1v) is 5.32. The fraction of sp³-hybridized carbons (Fsp3) is 0.909. The fourth-order valence-electron chi connectivity index (χ4n) is 0.871. The lowest BCUT2D eigenvalue weighted by Crippen LogP contribution is -2.36. The Morgan fingerprint density at radius 3 is 2.50 bits per heavy atom. The lowest BCUT2D eigenvalue weighted by Gasteiger charge is -2.25. The van der Waals surface area contributed by atoms with Crippen molar-refractivity contribution in [2.24, 2.45) is 0 Å². The second-order valence-electron chi connectivity index (χ2n) is 4.06. The van der Waals surface area contributed by atoms with Gasteiger partial charge in [-0.25, -0.2) is 0 Å². The van der Waals surface area contributed by atoms with Gasteiger partial charge in [0.15, 0.2) is 0 Å². The van der Waals surface area contributed by atoms with E-state index >= 15 is 0 Å². The van der Waals surface area contributed by atoms with Crippen molar-refractivity contribution in [2.75, 3.05) is 13.2 Å². The first-order valence-electron chi connectivity index (χ1n) is 5.32. The van der Waals surface area contributed by atoms with Gasteiger partial charge in [-0.05, 0) is 33.2 Å². The van der Waals surface area contributed by atoms with Crippen molar-refractivity contribution >= 4 is 0 Å². The van der Waals surface area contributed by atoms with Crippen LogP contribution in [0.4, 0.5) is 0 Å². The third-order valence-corrected chi connectivity index (χ3v) is 2.29. The summed E-state index contributed by atoms with van der Waals surface area (Å²) in [7, 11) is 0. The van der Waals surface area contributed by atoms with E-state index in [4.69, 9.17) is 10.00 Å².